The molecular weight excluding hydrogens is 272 g/mol. The number of hydrogen-bond acceptors (Lipinski definition) is 3. The third-order valence-electron chi connectivity index (χ3n) is 3.46. The fourth-order valence-electron chi connectivity index (χ4n) is 2.24. The number of nitrogens with one attached hydrogen (secondary N) is 1. The number of carbonyl (C=O) groups excluding carboxylic acids is 2. The van der Waals surface area contributed by atoms with Crippen LogP contribution in [0.1, 0.15) is 43.3 Å². The molecule has 2 amide bonds. The summed E-state index contributed by atoms with van der Waals surface area (Å²) in [6.45, 7) is 7.09. The van der Waals surface area contributed by atoms with Crippen molar-refractivity contribution in [3.05, 3.63) is 22.4 Å². The first-order valence-corrected chi connectivity index (χ1v) is 7.89. The molecule has 2 rings (SSSR count). The van der Waals surface area contributed by atoms with Crippen molar-refractivity contribution in [3.8, 4) is 0 Å². The summed E-state index contributed by atoms with van der Waals surface area (Å²) < 4.78 is 0. The van der Waals surface area contributed by atoms with Crippen LogP contribution in [-0.4, -0.2) is 35.8 Å². The van der Waals surface area contributed by atoms with E-state index < -0.39 is 0 Å². The average Bonchev–Trinajstić information content (AvgIpc) is 2.91. The fraction of sp³-hybridized carbons (Fsp3) is 0.600. The third kappa shape index (κ3) is 3.60. The summed E-state index contributed by atoms with van der Waals surface area (Å²) in [5, 5.41) is 4.97. The van der Waals surface area contributed by atoms with E-state index in [0.29, 0.717) is 6.54 Å². The minimum absolute atomic E-state index is 0.0490. The molecule has 0 saturated carbocycles. The molecule has 1 unspecified atom stereocenters. The van der Waals surface area contributed by atoms with Crippen molar-refractivity contribution in [2.24, 2.45) is 5.41 Å². The minimum Gasteiger partial charge on any atom is -0.351 e. The molecule has 1 aromatic rings. The first-order chi connectivity index (χ1) is 9.38. The van der Waals surface area contributed by atoms with Gasteiger partial charge < -0.3 is 10.2 Å². The second-order valence-corrected chi connectivity index (χ2v) is 7.24. The maximum absolute atomic E-state index is 12.3. The highest BCUT2D eigenvalue weighted by atomic mass is 32.1. The predicted octanol–water partition coefficient (Wildman–Crippen LogP) is 2.52. The minimum atomic E-state index is -0.389. The lowest BCUT2D eigenvalue weighted by molar-refractivity contribution is -0.129. The molecule has 4 nitrogen and oxygen atoms in total. The smallest absolute Gasteiger partial charge is 0.263 e. The summed E-state index contributed by atoms with van der Waals surface area (Å²) in [4.78, 5) is 27.0. The van der Waals surface area contributed by atoms with E-state index in [4.69, 9.17) is 0 Å². The lowest BCUT2D eigenvalue weighted by atomic mass is 9.94. The predicted molar refractivity (Wildman–Crippen MR) is 80.8 cm³/mol. The largest absolute Gasteiger partial charge is 0.351 e. The van der Waals surface area contributed by atoms with Gasteiger partial charge in [0.2, 0.25) is 5.91 Å². The van der Waals surface area contributed by atoms with Crippen molar-refractivity contribution < 1.29 is 9.59 Å². The Hall–Kier alpha value is -1.36. The first kappa shape index (κ1) is 15.0. The van der Waals surface area contributed by atoms with Gasteiger partial charge in [0.25, 0.3) is 5.91 Å². The Labute approximate surface area is 124 Å². The average molecular weight is 294 g/mol. The lowest BCUT2D eigenvalue weighted by Gasteiger charge is -2.34. The van der Waals surface area contributed by atoms with Gasteiger partial charge in [-0.2, -0.15) is 0 Å². The number of thiophene rings is 1. The van der Waals surface area contributed by atoms with Crippen LogP contribution in [0.3, 0.4) is 0 Å². The Bertz CT molecular complexity index is 477. The molecule has 110 valence electrons. The number of likely N-dealkylation sites (tertiary alicyclic amines) is 1. The SMILES string of the molecule is CC(C)(C)C(=O)NC1CCCN(C(=O)c2cccs2)C1. The molecule has 1 atom stereocenters. The zero-order chi connectivity index (χ0) is 14.8. The van der Waals surface area contributed by atoms with Gasteiger partial charge in [-0.1, -0.05) is 26.8 Å². The van der Waals surface area contributed by atoms with Gasteiger partial charge >= 0.3 is 0 Å². The monoisotopic (exact) mass is 294 g/mol. The van der Waals surface area contributed by atoms with E-state index in [1.807, 2.05) is 43.2 Å². The number of rotatable bonds is 2. The van der Waals surface area contributed by atoms with E-state index in [2.05, 4.69) is 5.32 Å². The van der Waals surface area contributed by atoms with Gasteiger partial charge in [-0.05, 0) is 24.3 Å². The van der Waals surface area contributed by atoms with Crippen molar-refractivity contribution in [2.75, 3.05) is 13.1 Å². The van der Waals surface area contributed by atoms with Crippen molar-refractivity contribution >= 4 is 23.2 Å². The second kappa shape index (κ2) is 5.95. The van der Waals surface area contributed by atoms with E-state index in [9.17, 15) is 9.59 Å². The molecule has 5 heteroatoms. The summed E-state index contributed by atoms with van der Waals surface area (Å²) in [5.41, 5.74) is -0.389. The summed E-state index contributed by atoms with van der Waals surface area (Å²) in [7, 11) is 0. The number of hydrogen-bond donors (Lipinski definition) is 1. The Morgan fingerprint density at radius 3 is 2.75 bits per heavy atom. The van der Waals surface area contributed by atoms with E-state index in [0.717, 1.165) is 24.3 Å². The molecule has 20 heavy (non-hydrogen) atoms. The van der Waals surface area contributed by atoms with Crippen LogP contribution in [0.5, 0.6) is 0 Å². The van der Waals surface area contributed by atoms with Gasteiger partial charge in [0, 0.05) is 24.5 Å². The summed E-state index contributed by atoms with van der Waals surface area (Å²) in [5.74, 6) is 0.127. The maximum Gasteiger partial charge on any atom is 0.263 e. The molecule has 2 heterocycles. The first-order valence-electron chi connectivity index (χ1n) is 7.01. The highest BCUT2D eigenvalue weighted by molar-refractivity contribution is 7.12. The number of piperidine rings is 1. The molecule has 1 aliphatic rings. The molecule has 0 aliphatic carbocycles. The summed E-state index contributed by atoms with van der Waals surface area (Å²) in [6, 6.07) is 3.81. The van der Waals surface area contributed by atoms with Crippen molar-refractivity contribution in [2.45, 2.75) is 39.7 Å². The van der Waals surface area contributed by atoms with Crippen molar-refractivity contribution in [1.82, 2.24) is 10.2 Å². The van der Waals surface area contributed by atoms with Crippen LogP contribution >= 0.6 is 11.3 Å². The summed E-state index contributed by atoms with van der Waals surface area (Å²) >= 11 is 1.47. The highest BCUT2D eigenvalue weighted by Gasteiger charge is 2.29. The Morgan fingerprint density at radius 2 is 2.15 bits per heavy atom. The molecule has 1 fully saturated rings. The van der Waals surface area contributed by atoms with Crippen molar-refractivity contribution in [3.63, 3.8) is 0 Å². The zero-order valence-electron chi connectivity index (χ0n) is 12.3. The Morgan fingerprint density at radius 1 is 1.40 bits per heavy atom. The molecule has 1 N–H and O–H groups in total. The van der Waals surface area contributed by atoms with Gasteiger partial charge in [-0.15, -0.1) is 11.3 Å². The molecule has 0 aromatic carbocycles. The van der Waals surface area contributed by atoms with E-state index in [1.54, 1.807) is 0 Å². The quantitative estimate of drug-likeness (QED) is 0.911. The fourth-order valence-corrected chi connectivity index (χ4v) is 2.93. The van der Waals surface area contributed by atoms with E-state index in [1.165, 1.54) is 11.3 Å². The number of nitrogens with zero attached hydrogens (tertiary/aromatic N) is 1. The highest BCUT2D eigenvalue weighted by Crippen LogP contribution is 2.19. The molecular formula is C15H22N2O2S. The topological polar surface area (TPSA) is 49.4 Å². The lowest BCUT2D eigenvalue weighted by Crippen LogP contribution is -2.51. The Kier molecular flexibility index (Phi) is 4.48. The van der Waals surface area contributed by atoms with Gasteiger partial charge in [-0.25, -0.2) is 0 Å². The molecule has 0 radical (unpaired) electrons. The van der Waals surface area contributed by atoms with E-state index in [-0.39, 0.29) is 23.3 Å². The zero-order valence-corrected chi connectivity index (χ0v) is 13.1. The van der Waals surface area contributed by atoms with Gasteiger partial charge in [0.1, 0.15) is 0 Å². The van der Waals surface area contributed by atoms with Crippen LogP contribution in [0.2, 0.25) is 0 Å². The maximum atomic E-state index is 12.3. The number of amides is 2. The third-order valence-corrected chi connectivity index (χ3v) is 4.31. The van der Waals surface area contributed by atoms with Gasteiger partial charge in [0.15, 0.2) is 0 Å². The molecule has 1 aromatic heterocycles. The van der Waals surface area contributed by atoms with Crippen LogP contribution in [0, 0.1) is 5.41 Å². The molecule has 0 spiro atoms. The molecule has 1 saturated heterocycles. The van der Waals surface area contributed by atoms with Crippen LogP contribution in [0.4, 0.5) is 0 Å². The Balaban J connectivity index is 1.95. The molecule has 0 bridgehead atoms. The van der Waals surface area contributed by atoms with E-state index >= 15 is 0 Å². The van der Waals surface area contributed by atoms with Gasteiger partial charge in [-0.3, -0.25) is 9.59 Å². The standard InChI is InChI=1S/C15H22N2O2S/c1-15(2,3)14(19)16-11-6-4-8-17(10-11)13(18)12-7-5-9-20-12/h5,7,9,11H,4,6,8,10H2,1-3H3,(H,16,19). The second-order valence-electron chi connectivity index (χ2n) is 6.29. The van der Waals surface area contributed by atoms with Crippen LogP contribution in [0.15, 0.2) is 17.5 Å². The summed E-state index contributed by atoms with van der Waals surface area (Å²) in [6.07, 6.45) is 1.88. The molecule has 1 aliphatic heterocycles. The van der Waals surface area contributed by atoms with Crippen LogP contribution in [0.25, 0.3) is 0 Å². The normalized spacial score (nSPS) is 19.8. The van der Waals surface area contributed by atoms with Crippen molar-refractivity contribution in [1.29, 1.82) is 0 Å². The van der Waals surface area contributed by atoms with Crippen LogP contribution in [-0.2, 0) is 4.79 Å². The number of carbonyl (C=O) groups is 2. The van der Waals surface area contributed by atoms with Crippen LogP contribution < -0.4 is 5.32 Å². The van der Waals surface area contributed by atoms with Gasteiger partial charge in [0.05, 0.1) is 4.88 Å².